The molecule has 2 fully saturated rings. The molecule has 2 saturated carbocycles. The predicted molar refractivity (Wildman–Crippen MR) is 433 cm³/mol. The zero-order valence-corrected chi connectivity index (χ0v) is 63.7. The molecule has 5 aliphatic rings. The molecule has 578 valence electrons. The Kier molecular flexibility index (Phi) is 21.5. The van der Waals surface area contributed by atoms with E-state index in [-0.39, 0.29) is 29.6 Å². The number of fused-ring (bicyclic) bond motifs is 9. The lowest BCUT2D eigenvalue weighted by Gasteiger charge is -2.22. The smallest absolute Gasteiger partial charge is 0.328 e. The topological polar surface area (TPSA) is 250 Å². The third-order valence-corrected chi connectivity index (χ3v) is 21.5. The number of carbonyl (C=O) groups is 5. The van der Waals surface area contributed by atoms with Crippen LogP contribution >= 0.6 is 0 Å². The van der Waals surface area contributed by atoms with Gasteiger partial charge in [0, 0.05) is 101 Å². The monoisotopic (exact) mass is 1530 g/mol. The van der Waals surface area contributed by atoms with Crippen LogP contribution in [-0.4, -0.2) is 130 Å². The van der Waals surface area contributed by atoms with Crippen molar-refractivity contribution >= 4 is 120 Å². The van der Waals surface area contributed by atoms with E-state index in [4.69, 9.17) is 19.3 Å². The maximum Gasteiger partial charge on any atom is 0.328 e. The first-order valence-corrected chi connectivity index (χ1v) is 37.9. The summed E-state index contributed by atoms with van der Waals surface area (Å²) in [7, 11) is 4.96. The van der Waals surface area contributed by atoms with Gasteiger partial charge in [0.15, 0.2) is 17.5 Å². The minimum Gasteiger partial charge on any atom is -0.493 e. The van der Waals surface area contributed by atoms with Crippen molar-refractivity contribution in [3.63, 3.8) is 0 Å². The second kappa shape index (κ2) is 32.2. The fourth-order valence-electron chi connectivity index (χ4n) is 15.4. The molecular weight excluding hydrogens is 1450 g/mol. The largest absolute Gasteiger partial charge is 0.493 e. The number of aromatic nitrogens is 6. The standard InChI is InChI=1S/C30H27FN4O4.C30H29FN4O2.C29H25FN4O4/c1-3-35-27-23(29(36)34(2)24-9-11-26(31)33-28(24)35)14-17(16-32-27)12-13-39-25-10-8-19(21-15-22(21)30(37)38)18-6-4-5-7-20(18)25;1-4-35-28-24(30(36)34(3)25-10-12-27(31)33-29(25)35)16-19(17-32-28)13-14-37-26-11-9-21(23-15-18(23)2)20-7-5-6-8-22(20)26;1-3-34-27-22(29(37)33(2)23-10-12-25(30)32-28(23)34)16-18(17-31-27)14-15-38-24-11-8-19(9-13-26(35)36)20-6-4-5-7-21(20)24/h4-11,14,16,21-22H,3,12-13,15H2,1-2H3,(H,37,38);5-12,16-18,23H,4,13-15H2,1-3H3;4-13,16-17H,3,14-15H2,1-2H3,(H,35,36)/b;;13-9+. The van der Waals surface area contributed by atoms with E-state index in [1.54, 1.807) is 84.8 Å². The predicted octanol–water partition coefficient (Wildman–Crippen LogP) is 16.8. The molecule has 25 heteroatoms. The first-order valence-electron chi connectivity index (χ1n) is 37.9. The van der Waals surface area contributed by atoms with Crippen molar-refractivity contribution in [2.45, 2.75) is 71.6 Å². The molecule has 2 aliphatic carbocycles. The van der Waals surface area contributed by atoms with Crippen LogP contribution in [0.2, 0.25) is 0 Å². The Morgan fingerprint density at radius 2 is 0.789 bits per heavy atom. The molecule has 9 heterocycles. The number of ether oxygens (including phenoxy) is 3. The highest BCUT2D eigenvalue weighted by Gasteiger charge is 2.45. The fourth-order valence-corrected chi connectivity index (χ4v) is 15.4. The van der Waals surface area contributed by atoms with Gasteiger partial charge < -0.3 is 53.8 Å². The molecule has 3 aliphatic heterocycles. The summed E-state index contributed by atoms with van der Waals surface area (Å²) in [5, 5.41) is 24.4. The summed E-state index contributed by atoms with van der Waals surface area (Å²) in [5.74, 6) is 1.49. The third kappa shape index (κ3) is 15.1. The van der Waals surface area contributed by atoms with Gasteiger partial charge in [0.25, 0.3) is 17.7 Å². The zero-order chi connectivity index (χ0) is 79.8. The summed E-state index contributed by atoms with van der Waals surface area (Å²) in [6.45, 7) is 10.6. The Morgan fingerprint density at radius 3 is 1.13 bits per heavy atom. The first kappa shape index (κ1) is 76.1. The number of rotatable bonds is 20. The molecule has 0 radical (unpaired) electrons. The molecule has 12 aromatic rings. The summed E-state index contributed by atoms with van der Waals surface area (Å²) in [6.07, 6.45) is 11.4. The molecule has 4 unspecified atom stereocenters. The van der Waals surface area contributed by atoms with Crippen molar-refractivity contribution in [3.05, 3.63) is 256 Å². The number of hydrogen-bond donors (Lipinski definition) is 2. The molecule has 17 rings (SSSR count). The normalized spacial score (nSPS) is 16.5. The number of carboxylic acid groups (broad SMARTS) is 2. The molecule has 3 amide bonds. The van der Waals surface area contributed by atoms with Crippen LogP contribution in [0.5, 0.6) is 17.2 Å². The van der Waals surface area contributed by atoms with Gasteiger partial charge in [0.1, 0.15) is 34.7 Å². The number of nitrogens with zero attached hydrogens (tertiary/aromatic N) is 12. The van der Waals surface area contributed by atoms with E-state index < -0.39 is 29.8 Å². The second-order valence-electron chi connectivity index (χ2n) is 28.6. The van der Waals surface area contributed by atoms with Gasteiger partial charge in [-0.25, -0.2) is 19.7 Å². The Balaban J connectivity index is 0.000000135. The molecule has 0 spiro atoms. The molecule has 4 atom stereocenters. The molecule has 6 aromatic carbocycles. The van der Waals surface area contributed by atoms with Gasteiger partial charge in [-0.05, 0) is 180 Å². The van der Waals surface area contributed by atoms with Crippen molar-refractivity contribution in [1.29, 1.82) is 0 Å². The molecule has 2 N–H and O–H groups in total. The van der Waals surface area contributed by atoms with Crippen LogP contribution in [-0.2, 0) is 28.9 Å². The summed E-state index contributed by atoms with van der Waals surface area (Å²) >= 11 is 0. The Labute approximate surface area is 655 Å². The number of benzene rings is 6. The number of amides is 3. The van der Waals surface area contributed by atoms with Crippen LogP contribution in [0.4, 0.5) is 65.1 Å². The first-order chi connectivity index (χ1) is 55.2. The van der Waals surface area contributed by atoms with E-state index in [1.165, 1.54) is 50.3 Å². The van der Waals surface area contributed by atoms with Crippen LogP contribution in [0.15, 0.2) is 188 Å². The van der Waals surface area contributed by atoms with Gasteiger partial charge >= 0.3 is 11.9 Å². The van der Waals surface area contributed by atoms with Crippen LogP contribution in [0, 0.1) is 29.7 Å². The lowest BCUT2D eigenvalue weighted by Crippen LogP contribution is -2.25. The number of aliphatic carboxylic acids is 2. The van der Waals surface area contributed by atoms with Gasteiger partial charge in [-0.15, -0.1) is 0 Å². The summed E-state index contributed by atoms with van der Waals surface area (Å²) in [6, 6.07) is 49.7. The minimum absolute atomic E-state index is 0.0308. The lowest BCUT2D eigenvalue weighted by molar-refractivity contribution is -0.138. The van der Waals surface area contributed by atoms with Crippen molar-refractivity contribution in [1.82, 2.24) is 29.9 Å². The van der Waals surface area contributed by atoms with Crippen LogP contribution in [0.1, 0.15) is 117 Å². The van der Waals surface area contributed by atoms with E-state index in [9.17, 15) is 42.3 Å². The SMILES string of the molecule is CCN1c2ncc(CCOc3ccc(/C=C/C(=O)O)c4ccccc34)cc2C(=O)N(C)c2ccc(F)nc21.CCN1c2ncc(CCOc3ccc(C4CC4C(=O)O)c4ccccc34)cc2C(=O)N(C)c2ccc(F)nc21.CCN1c2ncc(CCOc3ccc(C4CC4C)c4ccccc34)cc2C(=O)N(C)c2ccc(F)nc21. The van der Waals surface area contributed by atoms with Crippen molar-refractivity contribution in [2.24, 2.45) is 11.8 Å². The van der Waals surface area contributed by atoms with Crippen molar-refractivity contribution in [3.8, 4) is 17.2 Å². The Morgan fingerprint density at radius 1 is 0.447 bits per heavy atom. The van der Waals surface area contributed by atoms with Gasteiger partial charge in [0.05, 0.1) is 59.5 Å². The van der Waals surface area contributed by atoms with Gasteiger partial charge in [0.2, 0.25) is 17.8 Å². The Hall–Kier alpha value is -13.3. The maximum atomic E-state index is 14.0. The Bertz CT molecular complexity index is 5850. The minimum atomic E-state index is -1.01. The zero-order valence-electron chi connectivity index (χ0n) is 63.7. The maximum absolute atomic E-state index is 14.0. The number of pyridine rings is 6. The van der Waals surface area contributed by atoms with E-state index in [0.717, 1.165) is 78.2 Å². The van der Waals surface area contributed by atoms with E-state index in [2.05, 4.69) is 67.2 Å². The quantitative estimate of drug-likeness (QED) is 0.0531. The molecule has 114 heavy (non-hydrogen) atoms. The van der Waals surface area contributed by atoms with Crippen LogP contribution in [0.3, 0.4) is 0 Å². The summed E-state index contributed by atoms with van der Waals surface area (Å²) in [4.78, 5) is 98.1. The molecule has 0 saturated heterocycles. The molecule has 22 nitrogen and oxygen atoms in total. The lowest BCUT2D eigenvalue weighted by atomic mass is 9.99. The van der Waals surface area contributed by atoms with Crippen LogP contribution in [0.25, 0.3) is 38.4 Å². The highest BCUT2D eigenvalue weighted by atomic mass is 19.1. The number of anilines is 9. The van der Waals surface area contributed by atoms with Gasteiger partial charge in [-0.2, -0.15) is 28.1 Å². The number of carbonyl (C=O) groups excluding carboxylic acids is 3. The molecule has 0 bridgehead atoms. The van der Waals surface area contributed by atoms with Gasteiger partial charge in [-0.1, -0.05) is 97.9 Å². The summed E-state index contributed by atoms with van der Waals surface area (Å²) in [5.41, 5.74) is 8.64. The van der Waals surface area contributed by atoms with E-state index in [0.29, 0.717) is 145 Å². The van der Waals surface area contributed by atoms with Gasteiger partial charge in [-0.3, -0.25) is 19.2 Å². The van der Waals surface area contributed by atoms with Crippen molar-refractivity contribution < 1.29 is 61.6 Å². The third-order valence-electron chi connectivity index (χ3n) is 21.5. The number of carboxylic acids is 2. The van der Waals surface area contributed by atoms with E-state index in [1.807, 2.05) is 112 Å². The highest BCUT2D eigenvalue weighted by Crippen LogP contribution is 2.52. The fraction of sp³-hybridized carbons (Fsp3) is 0.247. The number of hydrogen-bond acceptors (Lipinski definition) is 17. The highest BCUT2D eigenvalue weighted by molar-refractivity contribution is 6.15. The van der Waals surface area contributed by atoms with E-state index >= 15 is 0 Å². The molecular formula is C89H81F3N12O10. The average molecular weight is 1540 g/mol. The average Bonchev–Trinajstić information content (AvgIpc) is 1.61. The number of halogens is 3. The van der Waals surface area contributed by atoms with Crippen molar-refractivity contribution in [2.75, 3.05) is 90.0 Å². The van der Waals surface area contributed by atoms with Crippen LogP contribution < -0.4 is 43.6 Å². The summed E-state index contributed by atoms with van der Waals surface area (Å²) < 4.78 is 60.5. The second-order valence-corrected chi connectivity index (χ2v) is 28.6. The molecule has 6 aromatic heterocycles.